The van der Waals surface area contributed by atoms with Crippen molar-refractivity contribution >= 4 is 5.69 Å². The van der Waals surface area contributed by atoms with Crippen molar-refractivity contribution in [3.63, 3.8) is 0 Å². The molecule has 0 heterocycles. The Labute approximate surface area is 115 Å². The van der Waals surface area contributed by atoms with Crippen molar-refractivity contribution < 1.29 is 4.74 Å². The third-order valence-electron chi connectivity index (χ3n) is 3.16. The van der Waals surface area contributed by atoms with Gasteiger partial charge in [0.15, 0.2) is 0 Å². The highest BCUT2D eigenvalue weighted by Gasteiger charge is 1.97. The largest absolute Gasteiger partial charge is 0.492 e. The van der Waals surface area contributed by atoms with E-state index in [4.69, 9.17) is 4.74 Å². The number of ether oxygens (including phenoxy) is 1. The van der Waals surface area contributed by atoms with Crippen LogP contribution in [0.5, 0.6) is 5.75 Å². The molecule has 0 saturated heterocycles. The third-order valence-corrected chi connectivity index (χ3v) is 3.16. The van der Waals surface area contributed by atoms with Crippen LogP contribution in [0.1, 0.15) is 18.1 Å². The fourth-order valence-electron chi connectivity index (χ4n) is 1.95. The SMILES string of the molecule is CCc1ccc(OCCNc2ccccc2C)cc1. The smallest absolute Gasteiger partial charge is 0.119 e. The van der Waals surface area contributed by atoms with Crippen LogP contribution >= 0.6 is 0 Å². The highest BCUT2D eigenvalue weighted by atomic mass is 16.5. The van der Waals surface area contributed by atoms with Crippen molar-refractivity contribution in [2.45, 2.75) is 20.3 Å². The summed E-state index contributed by atoms with van der Waals surface area (Å²) in [4.78, 5) is 0. The fraction of sp³-hybridized carbons (Fsp3) is 0.294. The minimum Gasteiger partial charge on any atom is -0.492 e. The number of hydrogen-bond donors (Lipinski definition) is 1. The van der Waals surface area contributed by atoms with Crippen LogP contribution in [0.4, 0.5) is 5.69 Å². The van der Waals surface area contributed by atoms with Crippen molar-refractivity contribution in [3.8, 4) is 5.75 Å². The Balaban J connectivity index is 1.76. The molecular formula is C17H21NO. The molecule has 100 valence electrons. The van der Waals surface area contributed by atoms with Crippen LogP contribution < -0.4 is 10.1 Å². The molecular weight excluding hydrogens is 234 g/mol. The Bertz CT molecular complexity index is 505. The molecule has 0 aliphatic heterocycles. The lowest BCUT2D eigenvalue weighted by Crippen LogP contribution is -2.12. The Morgan fingerprint density at radius 1 is 1.00 bits per heavy atom. The van der Waals surface area contributed by atoms with E-state index in [0.29, 0.717) is 6.61 Å². The Morgan fingerprint density at radius 2 is 1.74 bits per heavy atom. The molecule has 19 heavy (non-hydrogen) atoms. The maximum Gasteiger partial charge on any atom is 0.119 e. The topological polar surface area (TPSA) is 21.3 Å². The van der Waals surface area contributed by atoms with Gasteiger partial charge in [0.05, 0.1) is 0 Å². The summed E-state index contributed by atoms with van der Waals surface area (Å²) in [6.45, 7) is 5.73. The van der Waals surface area contributed by atoms with E-state index in [-0.39, 0.29) is 0 Å². The molecule has 0 aliphatic carbocycles. The molecule has 0 amide bonds. The van der Waals surface area contributed by atoms with Crippen LogP contribution in [0.15, 0.2) is 48.5 Å². The first-order valence-electron chi connectivity index (χ1n) is 6.81. The van der Waals surface area contributed by atoms with Crippen LogP contribution in [-0.2, 0) is 6.42 Å². The average molecular weight is 255 g/mol. The predicted molar refractivity (Wildman–Crippen MR) is 81.0 cm³/mol. The molecule has 0 aliphatic rings. The number of rotatable bonds is 6. The summed E-state index contributed by atoms with van der Waals surface area (Å²) in [5.74, 6) is 0.934. The van der Waals surface area contributed by atoms with Gasteiger partial charge in [-0.2, -0.15) is 0 Å². The zero-order chi connectivity index (χ0) is 13.5. The molecule has 2 aromatic rings. The van der Waals surface area contributed by atoms with E-state index in [1.54, 1.807) is 0 Å². The second-order valence-corrected chi connectivity index (χ2v) is 4.59. The summed E-state index contributed by atoms with van der Waals surface area (Å²) in [6.07, 6.45) is 1.06. The number of hydrogen-bond acceptors (Lipinski definition) is 2. The zero-order valence-corrected chi connectivity index (χ0v) is 11.6. The van der Waals surface area contributed by atoms with Crippen molar-refractivity contribution in [1.29, 1.82) is 0 Å². The molecule has 0 fully saturated rings. The molecule has 2 aromatic carbocycles. The normalized spacial score (nSPS) is 10.2. The summed E-state index contributed by atoms with van der Waals surface area (Å²) in [5.41, 5.74) is 3.77. The molecule has 2 nitrogen and oxygen atoms in total. The lowest BCUT2D eigenvalue weighted by molar-refractivity contribution is 0.333. The number of para-hydroxylation sites is 1. The lowest BCUT2D eigenvalue weighted by Gasteiger charge is -2.10. The molecule has 0 bridgehead atoms. The Hall–Kier alpha value is -1.96. The van der Waals surface area contributed by atoms with Gasteiger partial charge >= 0.3 is 0 Å². The molecule has 2 heteroatoms. The van der Waals surface area contributed by atoms with Crippen LogP contribution in [0.25, 0.3) is 0 Å². The molecule has 0 atom stereocenters. The number of benzene rings is 2. The van der Waals surface area contributed by atoms with Crippen molar-refractivity contribution in [2.75, 3.05) is 18.5 Å². The average Bonchev–Trinajstić information content (AvgIpc) is 2.46. The van der Waals surface area contributed by atoms with E-state index in [1.165, 1.54) is 16.8 Å². The molecule has 0 unspecified atom stereocenters. The summed E-state index contributed by atoms with van der Waals surface area (Å²) in [7, 11) is 0. The van der Waals surface area contributed by atoms with Gasteiger partial charge in [-0.15, -0.1) is 0 Å². The number of anilines is 1. The first-order valence-corrected chi connectivity index (χ1v) is 6.81. The van der Waals surface area contributed by atoms with E-state index in [2.05, 4.69) is 43.4 Å². The zero-order valence-electron chi connectivity index (χ0n) is 11.6. The minimum absolute atomic E-state index is 0.666. The molecule has 0 radical (unpaired) electrons. The van der Waals surface area contributed by atoms with Gasteiger partial charge in [0.2, 0.25) is 0 Å². The second kappa shape index (κ2) is 6.83. The number of aryl methyl sites for hydroxylation is 2. The molecule has 0 aromatic heterocycles. The standard InChI is InChI=1S/C17H21NO/c1-3-15-8-10-16(11-9-15)19-13-12-18-17-7-5-4-6-14(17)2/h4-11,18H,3,12-13H2,1-2H3. The van der Waals surface area contributed by atoms with E-state index in [0.717, 1.165) is 18.7 Å². The summed E-state index contributed by atoms with van der Waals surface area (Å²) < 4.78 is 5.70. The van der Waals surface area contributed by atoms with Crippen LogP contribution in [0.2, 0.25) is 0 Å². The summed E-state index contributed by atoms with van der Waals surface area (Å²) >= 11 is 0. The van der Waals surface area contributed by atoms with Gasteiger partial charge in [0, 0.05) is 12.2 Å². The van der Waals surface area contributed by atoms with Crippen LogP contribution in [0, 0.1) is 6.92 Å². The first kappa shape index (κ1) is 13.5. The van der Waals surface area contributed by atoms with Crippen molar-refractivity contribution in [3.05, 3.63) is 59.7 Å². The molecule has 0 saturated carbocycles. The molecule has 0 spiro atoms. The Morgan fingerprint density at radius 3 is 2.42 bits per heavy atom. The predicted octanol–water partition coefficient (Wildman–Crippen LogP) is 4.05. The molecule has 2 rings (SSSR count). The van der Waals surface area contributed by atoms with Gasteiger partial charge < -0.3 is 10.1 Å². The lowest BCUT2D eigenvalue weighted by atomic mass is 10.2. The molecule has 1 N–H and O–H groups in total. The van der Waals surface area contributed by atoms with Crippen molar-refractivity contribution in [1.82, 2.24) is 0 Å². The van der Waals surface area contributed by atoms with Gasteiger partial charge in [-0.25, -0.2) is 0 Å². The quantitative estimate of drug-likeness (QED) is 0.786. The first-order chi connectivity index (χ1) is 9.29. The summed E-state index contributed by atoms with van der Waals surface area (Å²) in [5, 5.41) is 3.38. The van der Waals surface area contributed by atoms with E-state index in [9.17, 15) is 0 Å². The van der Waals surface area contributed by atoms with Crippen LogP contribution in [0.3, 0.4) is 0 Å². The van der Waals surface area contributed by atoms with E-state index in [1.807, 2.05) is 24.3 Å². The second-order valence-electron chi connectivity index (χ2n) is 4.59. The monoisotopic (exact) mass is 255 g/mol. The number of nitrogens with one attached hydrogen (secondary N) is 1. The van der Waals surface area contributed by atoms with Crippen molar-refractivity contribution in [2.24, 2.45) is 0 Å². The maximum absolute atomic E-state index is 5.70. The van der Waals surface area contributed by atoms with Gasteiger partial charge in [-0.1, -0.05) is 37.3 Å². The fourth-order valence-corrected chi connectivity index (χ4v) is 1.95. The highest BCUT2D eigenvalue weighted by molar-refractivity contribution is 5.50. The highest BCUT2D eigenvalue weighted by Crippen LogP contribution is 2.14. The third kappa shape index (κ3) is 4.02. The van der Waals surface area contributed by atoms with E-state index >= 15 is 0 Å². The summed E-state index contributed by atoms with van der Waals surface area (Å²) in [6, 6.07) is 16.6. The van der Waals surface area contributed by atoms with Gasteiger partial charge in [-0.05, 0) is 42.7 Å². The minimum atomic E-state index is 0.666. The maximum atomic E-state index is 5.70. The van der Waals surface area contributed by atoms with Crippen LogP contribution in [-0.4, -0.2) is 13.2 Å². The van der Waals surface area contributed by atoms with Gasteiger partial charge in [0.1, 0.15) is 12.4 Å². The van der Waals surface area contributed by atoms with Gasteiger partial charge in [0.25, 0.3) is 0 Å². The van der Waals surface area contributed by atoms with Gasteiger partial charge in [-0.3, -0.25) is 0 Å². The Kier molecular flexibility index (Phi) is 4.85. The van der Waals surface area contributed by atoms with E-state index < -0.39 is 0 Å².